The second-order valence-electron chi connectivity index (χ2n) is 4.07. The highest BCUT2D eigenvalue weighted by Gasteiger charge is 2.20. The summed E-state index contributed by atoms with van der Waals surface area (Å²) in [6, 6.07) is 17.0. The molecular weight excluding hydrogens is 290 g/mol. The minimum Gasteiger partial charge on any atom is -0.329 e. The van der Waals surface area contributed by atoms with Gasteiger partial charge in [0, 0.05) is 16.6 Å². The van der Waals surface area contributed by atoms with E-state index in [0.717, 1.165) is 10.0 Å². The van der Waals surface area contributed by atoms with E-state index in [1.165, 1.54) is 0 Å². The van der Waals surface area contributed by atoms with Crippen LogP contribution in [0.15, 0.2) is 59.1 Å². The van der Waals surface area contributed by atoms with Crippen LogP contribution in [0.1, 0.15) is 21.8 Å². The summed E-state index contributed by atoms with van der Waals surface area (Å²) in [5, 5.41) is 0. The molecule has 2 nitrogen and oxygen atoms in total. The van der Waals surface area contributed by atoms with Crippen LogP contribution in [0.25, 0.3) is 0 Å². The van der Waals surface area contributed by atoms with Crippen molar-refractivity contribution in [2.45, 2.75) is 5.92 Å². The smallest absolute Gasteiger partial charge is 0.171 e. The molecule has 2 aromatic carbocycles. The molecule has 0 saturated carbocycles. The Morgan fingerprint density at radius 1 is 1.06 bits per heavy atom. The maximum Gasteiger partial charge on any atom is 0.171 e. The molecule has 0 aliphatic carbocycles. The number of benzene rings is 2. The molecule has 0 spiro atoms. The van der Waals surface area contributed by atoms with Crippen LogP contribution in [-0.2, 0) is 0 Å². The zero-order chi connectivity index (χ0) is 13.0. The minimum absolute atomic E-state index is 0.0659. The molecule has 0 aliphatic heterocycles. The number of Topliss-reactive ketones (excluding diaryl/α,β-unsaturated/α-hetero) is 1. The van der Waals surface area contributed by atoms with E-state index in [1.54, 1.807) is 0 Å². The van der Waals surface area contributed by atoms with Gasteiger partial charge in [0.05, 0.1) is 5.92 Å². The van der Waals surface area contributed by atoms with Gasteiger partial charge in [-0.3, -0.25) is 4.79 Å². The van der Waals surface area contributed by atoms with Gasteiger partial charge in [-0.1, -0.05) is 58.4 Å². The molecule has 1 atom stereocenters. The predicted octanol–water partition coefficient (Wildman–Crippen LogP) is 3.37. The number of halogens is 1. The standard InChI is InChI=1S/C15H14BrNO/c16-13-8-6-12(7-9-13)15(18)14(10-17)11-4-2-1-3-5-11/h1-9,14H,10,17H2. The quantitative estimate of drug-likeness (QED) is 0.880. The molecular formula is C15H14BrNO. The largest absolute Gasteiger partial charge is 0.329 e. The summed E-state index contributed by atoms with van der Waals surface area (Å²) < 4.78 is 0.961. The number of rotatable bonds is 4. The van der Waals surface area contributed by atoms with E-state index in [2.05, 4.69) is 15.9 Å². The van der Waals surface area contributed by atoms with Gasteiger partial charge in [-0.2, -0.15) is 0 Å². The summed E-state index contributed by atoms with van der Waals surface area (Å²) in [5.41, 5.74) is 7.40. The van der Waals surface area contributed by atoms with Gasteiger partial charge in [0.25, 0.3) is 0 Å². The Morgan fingerprint density at radius 3 is 2.22 bits per heavy atom. The van der Waals surface area contributed by atoms with Crippen molar-refractivity contribution in [3.8, 4) is 0 Å². The van der Waals surface area contributed by atoms with Crippen molar-refractivity contribution in [3.05, 3.63) is 70.2 Å². The third kappa shape index (κ3) is 2.86. The van der Waals surface area contributed by atoms with Crippen LogP contribution < -0.4 is 5.73 Å². The fourth-order valence-electron chi connectivity index (χ4n) is 1.90. The monoisotopic (exact) mass is 303 g/mol. The molecule has 0 amide bonds. The van der Waals surface area contributed by atoms with Crippen LogP contribution in [0.5, 0.6) is 0 Å². The molecule has 0 fully saturated rings. The van der Waals surface area contributed by atoms with Crippen LogP contribution in [0.2, 0.25) is 0 Å². The lowest BCUT2D eigenvalue weighted by atomic mass is 9.91. The van der Waals surface area contributed by atoms with Crippen molar-refractivity contribution in [1.82, 2.24) is 0 Å². The summed E-state index contributed by atoms with van der Waals surface area (Å²) in [5.74, 6) is -0.205. The highest BCUT2D eigenvalue weighted by Crippen LogP contribution is 2.21. The molecule has 1 unspecified atom stereocenters. The van der Waals surface area contributed by atoms with E-state index in [1.807, 2.05) is 54.6 Å². The van der Waals surface area contributed by atoms with Crippen LogP contribution in [0.3, 0.4) is 0 Å². The molecule has 92 valence electrons. The van der Waals surface area contributed by atoms with E-state index in [-0.39, 0.29) is 11.7 Å². The first-order valence-electron chi connectivity index (χ1n) is 5.77. The Labute approximate surface area is 115 Å². The first kappa shape index (κ1) is 13.0. The van der Waals surface area contributed by atoms with Crippen LogP contribution >= 0.6 is 15.9 Å². The zero-order valence-electron chi connectivity index (χ0n) is 9.84. The van der Waals surface area contributed by atoms with Gasteiger partial charge in [0.1, 0.15) is 0 Å². The second kappa shape index (κ2) is 5.94. The summed E-state index contributed by atoms with van der Waals surface area (Å²) in [4.78, 5) is 12.4. The van der Waals surface area contributed by atoms with E-state index in [0.29, 0.717) is 12.1 Å². The first-order chi connectivity index (χ1) is 8.72. The second-order valence-corrected chi connectivity index (χ2v) is 4.99. The molecule has 0 aliphatic rings. The van der Waals surface area contributed by atoms with Crippen molar-refractivity contribution < 1.29 is 4.79 Å². The molecule has 3 heteroatoms. The SMILES string of the molecule is NCC(C(=O)c1ccc(Br)cc1)c1ccccc1. The number of ketones is 1. The number of hydrogen-bond donors (Lipinski definition) is 1. The average molecular weight is 304 g/mol. The lowest BCUT2D eigenvalue weighted by Gasteiger charge is -2.14. The Hall–Kier alpha value is -1.45. The molecule has 0 saturated heterocycles. The van der Waals surface area contributed by atoms with Crippen molar-refractivity contribution in [2.75, 3.05) is 6.54 Å². The highest BCUT2D eigenvalue weighted by molar-refractivity contribution is 9.10. The summed E-state index contributed by atoms with van der Waals surface area (Å²) in [6.45, 7) is 0.318. The third-order valence-electron chi connectivity index (χ3n) is 2.88. The zero-order valence-corrected chi connectivity index (χ0v) is 11.4. The molecule has 0 heterocycles. The molecule has 0 radical (unpaired) electrons. The van der Waals surface area contributed by atoms with Gasteiger partial charge in [0.2, 0.25) is 0 Å². The van der Waals surface area contributed by atoms with Gasteiger partial charge >= 0.3 is 0 Å². The molecule has 2 aromatic rings. The summed E-state index contributed by atoms with van der Waals surface area (Å²) in [7, 11) is 0. The van der Waals surface area contributed by atoms with Crippen molar-refractivity contribution in [2.24, 2.45) is 5.73 Å². The van der Waals surface area contributed by atoms with Crippen LogP contribution in [0.4, 0.5) is 0 Å². The Balaban J connectivity index is 2.28. The van der Waals surface area contributed by atoms with Gasteiger partial charge < -0.3 is 5.73 Å². The normalized spacial score (nSPS) is 12.1. The summed E-state index contributed by atoms with van der Waals surface area (Å²) in [6.07, 6.45) is 0. The topological polar surface area (TPSA) is 43.1 Å². The van der Waals surface area contributed by atoms with Crippen molar-refractivity contribution >= 4 is 21.7 Å². The van der Waals surface area contributed by atoms with E-state index in [4.69, 9.17) is 5.73 Å². The first-order valence-corrected chi connectivity index (χ1v) is 6.56. The number of nitrogens with two attached hydrogens (primary N) is 1. The lowest BCUT2D eigenvalue weighted by molar-refractivity contribution is 0.0962. The van der Waals surface area contributed by atoms with Crippen molar-refractivity contribution in [1.29, 1.82) is 0 Å². The number of hydrogen-bond acceptors (Lipinski definition) is 2. The average Bonchev–Trinajstić information content (AvgIpc) is 2.41. The Morgan fingerprint density at radius 2 is 1.67 bits per heavy atom. The molecule has 18 heavy (non-hydrogen) atoms. The fraction of sp³-hybridized carbons (Fsp3) is 0.133. The van der Waals surface area contributed by atoms with E-state index in [9.17, 15) is 4.79 Å². The van der Waals surface area contributed by atoms with Gasteiger partial charge in [0.15, 0.2) is 5.78 Å². The van der Waals surface area contributed by atoms with Gasteiger partial charge in [-0.15, -0.1) is 0 Å². The number of carbonyl (C=O) groups is 1. The van der Waals surface area contributed by atoms with Crippen LogP contribution in [-0.4, -0.2) is 12.3 Å². The van der Waals surface area contributed by atoms with Gasteiger partial charge in [-0.05, 0) is 17.7 Å². The van der Waals surface area contributed by atoms with Crippen LogP contribution in [0, 0.1) is 0 Å². The third-order valence-corrected chi connectivity index (χ3v) is 3.41. The minimum atomic E-state index is -0.271. The van der Waals surface area contributed by atoms with E-state index < -0.39 is 0 Å². The Kier molecular flexibility index (Phi) is 4.28. The Bertz CT molecular complexity index is 522. The molecule has 2 N–H and O–H groups in total. The molecule has 0 aromatic heterocycles. The number of carbonyl (C=O) groups excluding carboxylic acids is 1. The molecule has 2 rings (SSSR count). The highest BCUT2D eigenvalue weighted by atomic mass is 79.9. The summed E-state index contributed by atoms with van der Waals surface area (Å²) >= 11 is 3.36. The maximum absolute atomic E-state index is 12.4. The van der Waals surface area contributed by atoms with Gasteiger partial charge in [-0.25, -0.2) is 0 Å². The van der Waals surface area contributed by atoms with Crippen molar-refractivity contribution in [3.63, 3.8) is 0 Å². The predicted molar refractivity (Wildman–Crippen MR) is 76.7 cm³/mol. The fourth-order valence-corrected chi connectivity index (χ4v) is 2.16. The maximum atomic E-state index is 12.4. The van der Waals surface area contributed by atoms with E-state index >= 15 is 0 Å². The molecule has 0 bridgehead atoms. The lowest BCUT2D eigenvalue weighted by Crippen LogP contribution is -2.21.